The third-order valence-corrected chi connectivity index (χ3v) is 4.58. The number of nitrogens with zero attached hydrogens (tertiary/aromatic N) is 5. The van der Waals surface area contributed by atoms with Crippen LogP contribution in [0.5, 0.6) is 11.6 Å². The molecule has 5 rings (SSSR count). The maximum absolute atomic E-state index is 11.4. The van der Waals surface area contributed by atoms with Crippen LogP contribution in [0, 0.1) is 0 Å². The number of ether oxygens (including phenoxy) is 1. The molecule has 3 aromatic heterocycles. The van der Waals surface area contributed by atoms with Crippen LogP contribution in [-0.2, 0) is 0 Å². The van der Waals surface area contributed by atoms with Crippen LogP contribution in [0.25, 0.3) is 11.7 Å². The van der Waals surface area contributed by atoms with Gasteiger partial charge in [0.2, 0.25) is 11.8 Å². The number of nitrogens with one attached hydrogen (secondary N) is 3. The quantitative estimate of drug-likeness (QED) is 0.371. The van der Waals surface area contributed by atoms with Gasteiger partial charge in [0, 0.05) is 17.0 Å². The second-order valence-electron chi connectivity index (χ2n) is 6.89. The molecule has 1 saturated carbocycles. The summed E-state index contributed by atoms with van der Waals surface area (Å²) in [5.74, 6) is 0.789. The number of hydrogen-bond donors (Lipinski definition) is 4. The predicted molar refractivity (Wildman–Crippen MR) is 108 cm³/mol. The number of aromatic amines is 2. The lowest BCUT2D eigenvalue weighted by Crippen LogP contribution is -2.24. The molecule has 0 atom stereocenters. The van der Waals surface area contributed by atoms with E-state index in [0.717, 1.165) is 18.5 Å². The van der Waals surface area contributed by atoms with Crippen molar-refractivity contribution < 1.29 is 9.84 Å². The fourth-order valence-electron chi connectivity index (χ4n) is 2.97. The molecule has 0 amide bonds. The van der Waals surface area contributed by atoms with E-state index in [1.54, 1.807) is 23.9 Å². The predicted octanol–water partition coefficient (Wildman–Crippen LogP) is 0.209. The highest BCUT2D eigenvalue weighted by Crippen LogP contribution is 2.22. The van der Waals surface area contributed by atoms with Crippen molar-refractivity contribution in [1.29, 1.82) is 0 Å². The average Bonchev–Trinajstić information content (AvgIpc) is 3.37. The monoisotopic (exact) mass is 406 g/mol. The maximum atomic E-state index is 11.4. The highest BCUT2D eigenvalue weighted by molar-refractivity contribution is 5.60. The van der Waals surface area contributed by atoms with E-state index in [1.807, 2.05) is 24.3 Å². The lowest BCUT2D eigenvalue weighted by molar-refractivity contribution is 0.415. The van der Waals surface area contributed by atoms with Crippen molar-refractivity contribution in [3.63, 3.8) is 0 Å². The molecular formula is C19H18N8O3. The van der Waals surface area contributed by atoms with E-state index in [-0.39, 0.29) is 17.6 Å². The molecule has 0 radical (unpaired) electrons. The van der Waals surface area contributed by atoms with Gasteiger partial charge in [-0.15, -0.1) is 0 Å². The van der Waals surface area contributed by atoms with E-state index >= 15 is 0 Å². The van der Waals surface area contributed by atoms with Crippen LogP contribution in [0.3, 0.4) is 0 Å². The molecule has 1 aliphatic carbocycles. The Hall–Kier alpha value is -4.15. The molecule has 0 aliphatic heterocycles. The lowest BCUT2D eigenvalue weighted by Gasteiger charge is -2.07. The van der Waals surface area contributed by atoms with E-state index in [4.69, 9.17) is 4.74 Å². The van der Waals surface area contributed by atoms with E-state index < -0.39 is 5.69 Å². The van der Waals surface area contributed by atoms with Crippen molar-refractivity contribution in [1.82, 2.24) is 29.5 Å². The zero-order chi connectivity index (χ0) is 20.7. The molecule has 11 nitrogen and oxygen atoms in total. The van der Waals surface area contributed by atoms with Crippen molar-refractivity contribution in [3.8, 4) is 11.6 Å². The zero-order valence-corrected chi connectivity index (χ0v) is 16.0. The minimum atomic E-state index is -0.505. The minimum Gasteiger partial charge on any atom is -0.497 e. The Bertz CT molecular complexity index is 1410. The molecule has 30 heavy (non-hydrogen) atoms. The molecule has 0 bridgehead atoms. The lowest BCUT2D eigenvalue weighted by atomic mass is 10.3. The molecule has 1 aromatic carbocycles. The van der Waals surface area contributed by atoms with Gasteiger partial charge in [-0.25, -0.2) is 9.79 Å². The van der Waals surface area contributed by atoms with Crippen LogP contribution in [0.1, 0.15) is 18.5 Å². The summed E-state index contributed by atoms with van der Waals surface area (Å²) in [5, 5.41) is 18.0. The van der Waals surface area contributed by atoms with Gasteiger partial charge in [0.05, 0.1) is 19.3 Å². The summed E-state index contributed by atoms with van der Waals surface area (Å²) in [5.41, 5.74) is 1.40. The van der Waals surface area contributed by atoms with Crippen molar-refractivity contribution in [2.24, 2.45) is 4.99 Å². The van der Waals surface area contributed by atoms with Gasteiger partial charge in [-0.1, -0.05) is 6.07 Å². The van der Waals surface area contributed by atoms with Crippen LogP contribution in [0.15, 0.2) is 40.2 Å². The van der Waals surface area contributed by atoms with Crippen LogP contribution >= 0.6 is 0 Å². The Balaban J connectivity index is 1.66. The van der Waals surface area contributed by atoms with E-state index in [0.29, 0.717) is 28.2 Å². The number of fused-ring (bicyclic) bond motifs is 1. The Morgan fingerprint density at radius 1 is 1.33 bits per heavy atom. The smallest absolute Gasteiger partial charge is 0.326 e. The molecule has 0 spiro atoms. The van der Waals surface area contributed by atoms with Crippen LogP contribution < -0.4 is 26.6 Å². The first-order valence-electron chi connectivity index (χ1n) is 9.33. The van der Waals surface area contributed by atoms with Crippen molar-refractivity contribution in [3.05, 3.63) is 57.5 Å². The summed E-state index contributed by atoms with van der Waals surface area (Å²) in [6, 6.07) is 7.64. The first kappa shape index (κ1) is 17.9. The largest absolute Gasteiger partial charge is 0.497 e. The molecule has 0 saturated heterocycles. The van der Waals surface area contributed by atoms with Gasteiger partial charge in [-0.05, 0) is 31.1 Å². The molecule has 4 N–H and O–H groups in total. The van der Waals surface area contributed by atoms with Gasteiger partial charge in [0.25, 0.3) is 5.62 Å². The number of hydrogen-bond acceptors (Lipinski definition) is 8. The number of aromatic hydroxyl groups is 1. The minimum absolute atomic E-state index is 0.231. The third kappa shape index (κ3) is 3.48. The summed E-state index contributed by atoms with van der Waals surface area (Å²) in [6.07, 6.45) is 5.19. The standard InChI is InChI=1S/C19H18N8O3/c1-30-13-4-2-3-12(8-13)21-17-24-15-10(7-14-16(28)25-19(29)23-14)9-20-27(15)18(26-17)22-11-5-6-11/h2-4,7-9,11,28H,5-6H2,1H3,(H,21,22,26)(H2,23,25,29)/b10-7-. The van der Waals surface area contributed by atoms with Gasteiger partial charge in [0.15, 0.2) is 5.65 Å². The van der Waals surface area contributed by atoms with E-state index in [1.165, 1.54) is 0 Å². The molecule has 1 aliphatic rings. The molecule has 4 aromatic rings. The Morgan fingerprint density at radius 3 is 2.93 bits per heavy atom. The van der Waals surface area contributed by atoms with Crippen molar-refractivity contribution in [2.75, 3.05) is 12.4 Å². The fraction of sp³-hybridized carbons (Fsp3) is 0.211. The van der Waals surface area contributed by atoms with Crippen molar-refractivity contribution >= 4 is 23.4 Å². The number of methoxy groups -OCH3 is 1. The summed E-state index contributed by atoms with van der Waals surface area (Å²) in [7, 11) is 1.60. The van der Waals surface area contributed by atoms with Crippen LogP contribution in [0.2, 0.25) is 0 Å². The van der Waals surface area contributed by atoms with Gasteiger partial charge in [0.1, 0.15) is 11.4 Å². The molecular weight excluding hydrogens is 388 g/mol. The first-order valence-corrected chi connectivity index (χ1v) is 9.33. The summed E-state index contributed by atoms with van der Waals surface area (Å²) in [4.78, 5) is 29.9. The molecule has 3 heterocycles. The molecule has 152 valence electrons. The third-order valence-electron chi connectivity index (χ3n) is 4.58. The molecule has 1 fully saturated rings. The maximum Gasteiger partial charge on any atom is 0.326 e. The first-order chi connectivity index (χ1) is 14.6. The average molecular weight is 406 g/mol. The van der Waals surface area contributed by atoms with Crippen molar-refractivity contribution in [2.45, 2.75) is 18.9 Å². The van der Waals surface area contributed by atoms with Gasteiger partial charge in [-0.3, -0.25) is 4.98 Å². The normalized spacial score (nSPS) is 15.1. The van der Waals surface area contributed by atoms with E-state index in [9.17, 15) is 9.90 Å². The summed E-state index contributed by atoms with van der Waals surface area (Å²) in [6.45, 7) is 0. The highest BCUT2D eigenvalue weighted by atomic mass is 16.5. The van der Waals surface area contributed by atoms with Crippen LogP contribution in [-0.4, -0.2) is 47.8 Å². The molecule has 11 heteroatoms. The van der Waals surface area contributed by atoms with Gasteiger partial charge in [-0.2, -0.15) is 19.6 Å². The van der Waals surface area contributed by atoms with Gasteiger partial charge < -0.3 is 20.1 Å². The number of anilines is 2. The van der Waals surface area contributed by atoms with Gasteiger partial charge >= 0.3 is 5.69 Å². The second-order valence-corrected chi connectivity index (χ2v) is 6.89. The molecule has 0 unspecified atom stereocenters. The summed E-state index contributed by atoms with van der Waals surface area (Å²) >= 11 is 0. The zero-order valence-electron chi connectivity index (χ0n) is 16.0. The Morgan fingerprint density at radius 2 is 2.20 bits per heavy atom. The SMILES string of the molecule is COc1cccc(Nc2nc(=NC3CC3)n3nc/c(=C/c4[nH]c(=O)[nH]c4O)c3n2)c1. The summed E-state index contributed by atoms with van der Waals surface area (Å²) < 4.78 is 6.80. The number of aromatic nitrogens is 6. The Kier molecular flexibility index (Phi) is 4.20. The number of H-pyrrole nitrogens is 2. The van der Waals surface area contributed by atoms with E-state index in [2.05, 4.69) is 35.3 Å². The highest BCUT2D eigenvalue weighted by Gasteiger charge is 2.21. The van der Waals surface area contributed by atoms with Crippen LogP contribution in [0.4, 0.5) is 11.6 Å². The number of imidazole rings is 1. The Labute approximate surface area is 168 Å². The number of rotatable bonds is 5. The topological polar surface area (TPSA) is 146 Å². The number of benzene rings is 1. The second kappa shape index (κ2) is 7.03. The fourth-order valence-corrected chi connectivity index (χ4v) is 2.97.